The first-order valence-corrected chi connectivity index (χ1v) is 10.1. The highest BCUT2D eigenvalue weighted by Gasteiger charge is 2.09. The quantitative estimate of drug-likeness (QED) is 0.692. The minimum absolute atomic E-state index is 0.249. The van der Waals surface area contributed by atoms with Crippen molar-refractivity contribution in [3.05, 3.63) is 42.6 Å². The Balaban J connectivity index is 1.73. The van der Waals surface area contributed by atoms with E-state index in [2.05, 4.69) is 10.3 Å². The lowest BCUT2D eigenvalue weighted by Gasteiger charge is -2.18. The molecule has 0 radical (unpaired) electrons. The summed E-state index contributed by atoms with van der Waals surface area (Å²) in [6.07, 6.45) is 3.30. The average Bonchev–Trinajstić information content (AvgIpc) is 2.65. The van der Waals surface area contributed by atoms with Crippen LogP contribution in [-0.4, -0.2) is 57.9 Å². The maximum absolute atomic E-state index is 12.1. The fourth-order valence-corrected chi connectivity index (χ4v) is 2.80. The maximum Gasteiger partial charge on any atom is 0.321 e. The van der Waals surface area contributed by atoms with Crippen molar-refractivity contribution in [3.8, 4) is 11.6 Å². The van der Waals surface area contributed by atoms with E-state index >= 15 is 0 Å². The zero-order valence-corrected chi connectivity index (χ0v) is 16.3. The second-order valence-electron chi connectivity index (χ2n) is 5.89. The van der Waals surface area contributed by atoms with Crippen LogP contribution in [0.5, 0.6) is 11.6 Å². The van der Waals surface area contributed by atoms with E-state index in [0.29, 0.717) is 36.9 Å². The Kier molecular flexibility index (Phi) is 7.00. The van der Waals surface area contributed by atoms with Crippen LogP contribution in [0, 0.1) is 0 Å². The number of hydrogen-bond donors (Lipinski definition) is 1. The third-order valence-corrected chi connectivity index (χ3v) is 4.83. The van der Waals surface area contributed by atoms with Crippen LogP contribution in [0.1, 0.15) is 6.42 Å². The SMILES string of the molecule is COc1ccc(NC(=O)N(C)CCCOc2ccc(S(C)(=O)=O)cc2)cn1. The summed E-state index contributed by atoms with van der Waals surface area (Å²) in [6, 6.07) is 9.37. The molecule has 0 unspecified atom stereocenters. The summed E-state index contributed by atoms with van der Waals surface area (Å²) < 4.78 is 33.4. The number of urea groups is 1. The first-order chi connectivity index (χ1) is 12.8. The summed E-state index contributed by atoms with van der Waals surface area (Å²) in [5, 5.41) is 2.74. The average molecular weight is 393 g/mol. The highest BCUT2D eigenvalue weighted by Crippen LogP contribution is 2.16. The van der Waals surface area contributed by atoms with Gasteiger partial charge in [0, 0.05) is 25.9 Å². The van der Waals surface area contributed by atoms with Crippen molar-refractivity contribution in [2.75, 3.05) is 38.9 Å². The molecule has 2 aromatic rings. The molecule has 1 N–H and O–H groups in total. The maximum atomic E-state index is 12.1. The Labute approximate surface area is 159 Å². The molecule has 0 atom stereocenters. The number of carbonyl (C=O) groups excluding carboxylic acids is 1. The van der Waals surface area contributed by atoms with E-state index in [1.165, 1.54) is 25.4 Å². The van der Waals surface area contributed by atoms with E-state index in [1.54, 1.807) is 36.2 Å². The van der Waals surface area contributed by atoms with Crippen LogP contribution in [-0.2, 0) is 9.84 Å². The van der Waals surface area contributed by atoms with Gasteiger partial charge in [0.1, 0.15) is 5.75 Å². The van der Waals surface area contributed by atoms with Crippen molar-refractivity contribution in [1.29, 1.82) is 0 Å². The number of rotatable bonds is 8. The van der Waals surface area contributed by atoms with Gasteiger partial charge in [-0.05, 0) is 36.8 Å². The molecule has 1 aromatic heterocycles. The molecule has 1 heterocycles. The van der Waals surface area contributed by atoms with Crippen molar-refractivity contribution >= 4 is 21.6 Å². The number of amides is 2. The molecule has 8 nitrogen and oxygen atoms in total. The number of hydrogen-bond acceptors (Lipinski definition) is 6. The molecule has 0 spiro atoms. The van der Waals surface area contributed by atoms with Crippen LogP contribution in [0.3, 0.4) is 0 Å². The Hall–Kier alpha value is -2.81. The van der Waals surface area contributed by atoms with Crippen LogP contribution in [0.25, 0.3) is 0 Å². The Morgan fingerprint density at radius 3 is 2.44 bits per heavy atom. The zero-order valence-electron chi connectivity index (χ0n) is 15.5. The number of aromatic nitrogens is 1. The highest BCUT2D eigenvalue weighted by molar-refractivity contribution is 7.90. The summed E-state index contributed by atoms with van der Waals surface area (Å²) in [7, 11) is -0.00149. The molecule has 0 aliphatic rings. The van der Waals surface area contributed by atoms with Gasteiger partial charge in [-0.25, -0.2) is 18.2 Å². The molecular weight excluding hydrogens is 370 g/mol. The number of sulfone groups is 1. The third-order valence-electron chi connectivity index (χ3n) is 3.70. The smallest absolute Gasteiger partial charge is 0.321 e. The van der Waals surface area contributed by atoms with E-state index in [1.807, 2.05) is 0 Å². The number of nitrogens with one attached hydrogen (secondary N) is 1. The summed E-state index contributed by atoms with van der Waals surface area (Å²) in [5.41, 5.74) is 0.579. The number of anilines is 1. The molecule has 0 saturated carbocycles. The van der Waals surface area contributed by atoms with Gasteiger partial charge in [0.25, 0.3) is 0 Å². The number of carbonyl (C=O) groups is 1. The normalized spacial score (nSPS) is 10.9. The molecule has 0 aliphatic heterocycles. The van der Waals surface area contributed by atoms with Crippen LogP contribution in [0.4, 0.5) is 10.5 Å². The number of nitrogens with zero attached hydrogens (tertiary/aromatic N) is 2. The van der Waals surface area contributed by atoms with Gasteiger partial charge >= 0.3 is 6.03 Å². The third kappa shape index (κ3) is 6.45. The van der Waals surface area contributed by atoms with E-state index in [0.717, 1.165) is 6.26 Å². The predicted molar refractivity (Wildman–Crippen MR) is 102 cm³/mol. The van der Waals surface area contributed by atoms with E-state index in [9.17, 15) is 13.2 Å². The summed E-state index contributed by atoms with van der Waals surface area (Å²) in [4.78, 5) is 17.9. The molecule has 2 amide bonds. The number of benzene rings is 1. The molecule has 146 valence electrons. The molecule has 2 rings (SSSR count). The van der Waals surface area contributed by atoms with Gasteiger partial charge in [-0.1, -0.05) is 0 Å². The molecular formula is C18H23N3O5S. The first kappa shape index (κ1) is 20.5. The first-order valence-electron chi connectivity index (χ1n) is 8.24. The largest absolute Gasteiger partial charge is 0.494 e. The molecule has 9 heteroatoms. The molecule has 0 bridgehead atoms. The zero-order chi connectivity index (χ0) is 19.9. The lowest BCUT2D eigenvalue weighted by atomic mass is 10.3. The van der Waals surface area contributed by atoms with Gasteiger partial charge in [0.2, 0.25) is 5.88 Å². The van der Waals surface area contributed by atoms with Gasteiger partial charge < -0.3 is 19.7 Å². The minimum atomic E-state index is -3.21. The van der Waals surface area contributed by atoms with Gasteiger partial charge in [0.15, 0.2) is 9.84 Å². The molecule has 0 saturated heterocycles. The molecule has 0 fully saturated rings. The fourth-order valence-electron chi connectivity index (χ4n) is 2.17. The van der Waals surface area contributed by atoms with Crippen molar-refractivity contribution in [2.24, 2.45) is 0 Å². The van der Waals surface area contributed by atoms with Crippen molar-refractivity contribution in [3.63, 3.8) is 0 Å². The van der Waals surface area contributed by atoms with Crippen LogP contribution < -0.4 is 14.8 Å². The lowest BCUT2D eigenvalue weighted by molar-refractivity contribution is 0.216. The Morgan fingerprint density at radius 2 is 1.89 bits per heavy atom. The Morgan fingerprint density at radius 1 is 1.19 bits per heavy atom. The standard InChI is InChI=1S/C18H23N3O5S/c1-21(18(22)20-14-5-10-17(25-2)19-13-14)11-4-12-26-15-6-8-16(9-7-15)27(3,23)24/h5-10,13H,4,11-12H2,1-3H3,(H,20,22). The molecule has 0 aliphatic carbocycles. The van der Waals surface area contributed by atoms with Gasteiger partial charge in [-0.15, -0.1) is 0 Å². The van der Waals surface area contributed by atoms with E-state index in [4.69, 9.17) is 9.47 Å². The monoisotopic (exact) mass is 393 g/mol. The summed E-state index contributed by atoms with van der Waals surface area (Å²) in [6.45, 7) is 0.900. The Bertz CT molecular complexity index is 852. The highest BCUT2D eigenvalue weighted by atomic mass is 32.2. The minimum Gasteiger partial charge on any atom is -0.494 e. The summed E-state index contributed by atoms with van der Waals surface area (Å²) in [5.74, 6) is 1.06. The number of pyridine rings is 1. The second kappa shape index (κ2) is 9.22. The van der Waals surface area contributed by atoms with Crippen molar-refractivity contribution in [1.82, 2.24) is 9.88 Å². The number of methoxy groups -OCH3 is 1. The fraction of sp³-hybridized carbons (Fsp3) is 0.333. The van der Waals surface area contributed by atoms with Gasteiger partial charge in [-0.3, -0.25) is 0 Å². The van der Waals surface area contributed by atoms with E-state index < -0.39 is 9.84 Å². The van der Waals surface area contributed by atoms with Crippen LogP contribution in [0.15, 0.2) is 47.5 Å². The topological polar surface area (TPSA) is 97.8 Å². The van der Waals surface area contributed by atoms with Crippen LogP contribution >= 0.6 is 0 Å². The summed E-state index contributed by atoms with van der Waals surface area (Å²) >= 11 is 0. The van der Waals surface area contributed by atoms with Crippen LogP contribution in [0.2, 0.25) is 0 Å². The molecule has 27 heavy (non-hydrogen) atoms. The second-order valence-corrected chi connectivity index (χ2v) is 7.90. The lowest BCUT2D eigenvalue weighted by Crippen LogP contribution is -2.32. The van der Waals surface area contributed by atoms with Crippen molar-refractivity contribution in [2.45, 2.75) is 11.3 Å². The van der Waals surface area contributed by atoms with Crippen molar-refractivity contribution < 1.29 is 22.7 Å². The molecule has 1 aromatic carbocycles. The van der Waals surface area contributed by atoms with Gasteiger partial charge in [0.05, 0.1) is 30.5 Å². The number of ether oxygens (including phenoxy) is 2. The van der Waals surface area contributed by atoms with E-state index in [-0.39, 0.29) is 10.9 Å². The predicted octanol–water partition coefficient (Wildman–Crippen LogP) is 2.43. The van der Waals surface area contributed by atoms with Gasteiger partial charge in [-0.2, -0.15) is 0 Å².